The van der Waals surface area contributed by atoms with E-state index in [-0.39, 0.29) is 5.38 Å². The van der Waals surface area contributed by atoms with Gasteiger partial charge in [-0.2, -0.15) is 0 Å². The fourth-order valence-electron chi connectivity index (χ4n) is 1.90. The largest absolute Gasteiger partial charge is 0.465 e. The Morgan fingerprint density at radius 2 is 2.06 bits per heavy atom. The summed E-state index contributed by atoms with van der Waals surface area (Å²) in [6.45, 7) is 4.17. The van der Waals surface area contributed by atoms with E-state index in [1.54, 1.807) is 0 Å². The summed E-state index contributed by atoms with van der Waals surface area (Å²) in [7, 11) is 0. The third-order valence-electron chi connectivity index (χ3n) is 2.84. The molecule has 0 aliphatic heterocycles. The molecular weight excluding hydrogens is 232 g/mol. The van der Waals surface area contributed by atoms with E-state index < -0.39 is 0 Å². The van der Waals surface area contributed by atoms with Crippen LogP contribution < -0.4 is 0 Å². The zero-order chi connectivity index (χ0) is 12.3. The van der Waals surface area contributed by atoms with Crippen molar-refractivity contribution in [1.29, 1.82) is 0 Å². The maximum absolute atomic E-state index is 6.37. The molecule has 2 heteroatoms. The van der Waals surface area contributed by atoms with E-state index in [1.807, 2.05) is 12.1 Å². The average molecular weight is 249 g/mol. The van der Waals surface area contributed by atoms with Crippen molar-refractivity contribution >= 4 is 11.6 Å². The van der Waals surface area contributed by atoms with Crippen molar-refractivity contribution in [2.75, 3.05) is 0 Å². The van der Waals surface area contributed by atoms with Crippen molar-refractivity contribution in [3.8, 4) is 0 Å². The van der Waals surface area contributed by atoms with Gasteiger partial charge in [-0.05, 0) is 31.0 Å². The van der Waals surface area contributed by atoms with Gasteiger partial charge in [-0.3, -0.25) is 0 Å². The zero-order valence-electron chi connectivity index (χ0n) is 10.2. The van der Waals surface area contributed by atoms with Gasteiger partial charge in [-0.1, -0.05) is 36.8 Å². The molecule has 17 heavy (non-hydrogen) atoms. The van der Waals surface area contributed by atoms with Gasteiger partial charge in [0.25, 0.3) is 0 Å². The van der Waals surface area contributed by atoms with E-state index in [1.165, 1.54) is 11.1 Å². The Morgan fingerprint density at radius 1 is 1.24 bits per heavy atom. The molecular formula is C15H17ClO. The topological polar surface area (TPSA) is 13.1 Å². The Kier molecular flexibility index (Phi) is 3.90. The highest BCUT2D eigenvalue weighted by Gasteiger charge is 2.13. The Morgan fingerprint density at radius 3 is 2.71 bits per heavy atom. The first-order valence-corrected chi connectivity index (χ1v) is 6.41. The van der Waals surface area contributed by atoms with Gasteiger partial charge in [0, 0.05) is 6.42 Å². The van der Waals surface area contributed by atoms with E-state index in [2.05, 4.69) is 38.1 Å². The zero-order valence-corrected chi connectivity index (χ0v) is 11.0. The van der Waals surface area contributed by atoms with Crippen LogP contribution >= 0.6 is 11.6 Å². The summed E-state index contributed by atoms with van der Waals surface area (Å²) in [6.07, 6.45) is 1.72. The highest BCUT2D eigenvalue weighted by atomic mass is 35.5. The molecule has 0 spiro atoms. The van der Waals surface area contributed by atoms with Crippen molar-refractivity contribution < 1.29 is 4.42 Å². The monoisotopic (exact) mass is 248 g/mol. The van der Waals surface area contributed by atoms with Gasteiger partial charge in [0.15, 0.2) is 0 Å². The third-order valence-corrected chi connectivity index (χ3v) is 3.21. The van der Waals surface area contributed by atoms with Crippen molar-refractivity contribution in [1.82, 2.24) is 0 Å². The Labute approximate surface area is 107 Å². The standard InChI is InChI=1S/C15H17ClO/c1-3-13-7-8-15(17-13)14(16)10-12-6-4-5-11(2)9-12/h4-9,14H,3,10H2,1-2H3. The average Bonchev–Trinajstić information content (AvgIpc) is 2.77. The van der Waals surface area contributed by atoms with Gasteiger partial charge in [-0.25, -0.2) is 0 Å². The van der Waals surface area contributed by atoms with Crippen LogP contribution in [-0.2, 0) is 12.8 Å². The molecule has 1 atom stereocenters. The van der Waals surface area contributed by atoms with Crippen molar-refractivity contribution in [3.63, 3.8) is 0 Å². The molecule has 0 aliphatic carbocycles. The van der Waals surface area contributed by atoms with Crippen LogP contribution in [0.1, 0.15) is 34.9 Å². The minimum Gasteiger partial charge on any atom is -0.465 e. The molecule has 0 radical (unpaired) electrons. The number of hydrogen-bond donors (Lipinski definition) is 0. The second-order valence-corrected chi connectivity index (χ2v) is 4.85. The minimum atomic E-state index is -0.0860. The van der Waals surface area contributed by atoms with Gasteiger partial charge < -0.3 is 4.42 Å². The molecule has 0 fully saturated rings. The van der Waals surface area contributed by atoms with Crippen LogP contribution in [0, 0.1) is 6.92 Å². The molecule has 1 heterocycles. The molecule has 1 nitrogen and oxygen atoms in total. The predicted octanol–water partition coefficient (Wildman–Crippen LogP) is 4.67. The molecule has 1 aromatic heterocycles. The molecule has 0 bridgehead atoms. The highest BCUT2D eigenvalue weighted by molar-refractivity contribution is 6.20. The van der Waals surface area contributed by atoms with Gasteiger partial charge in [0.2, 0.25) is 0 Å². The van der Waals surface area contributed by atoms with E-state index in [4.69, 9.17) is 16.0 Å². The van der Waals surface area contributed by atoms with Crippen LogP contribution in [0.15, 0.2) is 40.8 Å². The summed E-state index contributed by atoms with van der Waals surface area (Å²) in [6, 6.07) is 12.4. The molecule has 0 aliphatic rings. The van der Waals surface area contributed by atoms with Crippen LogP contribution in [0.4, 0.5) is 0 Å². The molecule has 2 rings (SSSR count). The Bertz CT molecular complexity index is 487. The lowest BCUT2D eigenvalue weighted by molar-refractivity contribution is 0.464. The van der Waals surface area contributed by atoms with Crippen LogP contribution in [0.3, 0.4) is 0 Å². The molecule has 0 N–H and O–H groups in total. The van der Waals surface area contributed by atoms with Gasteiger partial charge in [0.1, 0.15) is 11.5 Å². The highest BCUT2D eigenvalue weighted by Crippen LogP contribution is 2.27. The second kappa shape index (κ2) is 5.42. The number of benzene rings is 1. The van der Waals surface area contributed by atoms with Crippen molar-refractivity contribution in [2.24, 2.45) is 0 Å². The number of aryl methyl sites for hydroxylation is 2. The van der Waals surface area contributed by atoms with Crippen LogP contribution in [0.25, 0.3) is 0 Å². The molecule has 2 aromatic rings. The third kappa shape index (κ3) is 3.13. The first kappa shape index (κ1) is 12.3. The van der Waals surface area contributed by atoms with E-state index in [0.717, 1.165) is 24.4 Å². The normalized spacial score (nSPS) is 12.6. The summed E-state index contributed by atoms with van der Waals surface area (Å²) in [5.41, 5.74) is 2.51. The molecule has 0 amide bonds. The Hall–Kier alpha value is -1.21. The first-order valence-electron chi connectivity index (χ1n) is 5.97. The van der Waals surface area contributed by atoms with Gasteiger partial charge in [-0.15, -0.1) is 11.6 Å². The van der Waals surface area contributed by atoms with Crippen LogP contribution in [0.5, 0.6) is 0 Å². The van der Waals surface area contributed by atoms with E-state index in [0.29, 0.717) is 0 Å². The smallest absolute Gasteiger partial charge is 0.122 e. The maximum atomic E-state index is 6.37. The summed E-state index contributed by atoms with van der Waals surface area (Å²) in [5, 5.41) is -0.0860. The summed E-state index contributed by atoms with van der Waals surface area (Å²) < 4.78 is 5.67. The fourth-order valence-corrected chi connectivity index (χ4v) is 2.19. The molecule has 1 aromatic carbocycles. The molecule has 0 saturated heterocycles. The maximum Gasteiger partial charge on any atom is 0.122 e. The minimum absolute atomic E-state index is 0.0860. The lowest BCUT2D eigenvalue weighted by atomic mass is 10.1. The first-order chi connectivity index (χ1) is 8.19. The predicted molar refractivity (Wildman–Crippen MR) is 71.6 cm³/mol. The number of rotatable bonds is 4. The summed E-state index contributed by atoms with van der Waals surface area (Å²) >= 11 is 6.37. The van der Waals surface area contributed by atoms with Crippen LogP contribution in [-0.4, -0.2) is 0 Å². The van der Waals surface area contributed by atoms with Crippen molar-refractivity contribution in [2.45, 2.75) is 32.1 Å². The molecule has 1 unspecified atom stereocenters. The van der Waals surface area contributed by atoms with Crippen LogP contribution in [0.2, 0.25) is 0 Å². The summed E-state index contributed by atoms with van der Waals surface area (Å²) in [4.78, 5) is 0. The number of alkyl halides is 1. The number of furan rings is 1. The molecule has 0 saturated carbocycles. The Balaban J connectivity index is 2.08. The van der Waals surface area contributed by atoms with Gasteiger partial charge >= 0.3 is 0 Å². The SMILES string of the molecule is CCc1ccc(C(Cl)Cc2cccc(C)c2)o1. The van der Waals surface area contributed by atoms with E-state index in [9.17, 15) is 0 Å². The lowest BCUT2D eigenvalue weighted by Crippen LogP contribution is -1.94. The fraction of sp³-hybridized carbons (Fsp3) is 0.333. The van der Waals surface area contributed by atoms with Gasteiger partial charge in [0.05, 0.1) is 5.38 Å². The van der Waals surface area contributed by atoms with Crippen molar-refractivity contribution in [3.05, 3.63) is 59.0 Å². The number of halogens is 1. The lowest BCUT2D eigenvalue weighted by Gasteiger charge is -2.07. The quantitative estimate of drug-likeness (QED) is 0.717. The number of hydrogen-bond acceptors (Lipinski definition) is 1. The second-order valence-electron chi connectivity index (χ2n) is 4.32. The summed E-state index contributed by atoms with van der Waals surface area (Å²) in [5.74, 6) is 1.86. The van der Waals surface area contributed by atoms with E-state index >= 15 is 0 Å². The molecule has 90 valence electrons.